The highest BCUT2D eigenvalue weighted by Gasteiger charge is 2.12. The van der Waals surface area contributed by atoms with Gasteiger partial charge in [-0.3, -0.25) is 0 Å². The molecule has 0 amide bonds. The van der Waals surface area contributed by atoms with Gasteiger partial charge in [0, 0.05) is 0 Å². The molecule has 5 heteroatoms. The number of hydrogen-bond acceptors (Lipinski definition) is 2. The molecule has 0 atom stereocenters. The molecular weight excluding hydrogens is 332 g/mol. The Balaban J connectivity index is 3.02. The zero-order valence-corrected chi connectivity index (χ0v) is 11.1. The third-order valence-electron chi connectivity index (χ3n) is 1.52. The predicted octanol–water partition coefficient (Wildman–Crippen LogP) is 3.15. The number of hydrogen-bond donors (Lipinski definition) is 0. The molecule has 76 valence electrons. The molecule has 1 aromatic rings. The van der Waals surface area contributed by atoms with Crippen LogP contribution >= 0.6 is 31.9 Å². The highest BCUT2D eigenvalue weighted by molar-refractivity contribution is 9.15. The summed E-state index contributed by atoms with van der Waals surface area (Å²) in [5.41, 5.74) is 0.851. The zero-order chi connectivity index (χ0) is 10.6. The van der Waals surface area contributed by atoms with Gasteiger partial charge in [-0.1, -0.05) is 46.3 Å². The Bertz CT molecular complexity index is 423. The Morgan fingerprint density at radius 2 is 1.86 bits per heavy atom. The molecule has 0 aliphatic carbocycles. The summed E-state index contributed by atoms with van der Waals surface area (Å²) in [5.74, 6) is 0. The molecule has 1 rings (SSSR count). The van der Waals surface area contributed by atoms with Gasteiger partial charge in [-0.25, -0.2) is 8.42 Å². The number of benzene rings is 1. The van der Waals surface area contributed by atoms with E-state index in [1.54, 1.807) is 6.08 Å². The van der Waals surface area contributed by atoms with Crippen molar-refractivity contribution < 1.29 is 8.42 Å². The fourth-order valence-electron chi connectivity index (χ4n) is 0.822. The maximum absolute atomic E-state index is 11.3. The van der Waals surface area contributed by atoms with Crippen LogP contribution in [0.25, 0.3) is 6.08 Å². The molecule has 0 aliphatic rings. The first-order valence-corrected chi connectivity index (χ1v) is 7.34. The number of halogens is 2. The third kappa shape index (κ3) is 3.22. The van der Waals surface area contributed by atoms with Crippen molar-refractivity contribution in [2.24, 2.45) is 0 Å². The van der Waals surface area contributed by atoms with Crippen LogP contribution < -0.4 is 0 Å². The molecule has 0 radical (unpaired) electrons. The van der Waals surface area contributed by atoms with Gasteiger partial charge in [0.2, 0.25) is 0 Å². The normalized spacial score (nSPS) is 12.9. The first kappa shape index (κ1) is 11.9. The SMILES string of the molecule is O=S(=O)(CBr)/C(Br)=C/c1ccccc1. The van der Waals surface area contributed by atoms with Crippen molar-refractivity contribution in [3.8, 4) is 0 Å². The molecule has 0 N–H and O–H groups in total. The van der Waals surface area contributed by atoms with Crippen molar-refractivity contribution >= 4 is 47.8 Å². The van der Waals surface area contributed by atoms with Gasteiger partial charge in [-0.2, -0.15) is 0 Å². The first-order valence-electron chi connectivity index (χ1n) is 3.77. The number of sulfone groups is 1. The van der Waals surface area contributed by atoms with Gasteiger partial charge < -0.3 is 0 Å². The van der Waals surface area contributed by atoms with Crippen molar-refractivity contribution in [2.45, 2.75) is 0 Å². The lowest BCUT2D eigenvalue weighted by Crippen LogP contribution is -1.99. The van der Waals surface area contributed by atoms with Gasteiger partial charge >= 0.3 is 0 Å². The fourth-order valence-corrected chi connectivity index (χ4v) is 3.51. The lowest BCUT2D eigenvalue weighted by Gasteiger charge is -1.98. The van der Waals surface area contributed by atoms with E-state index in [4.69, 9.17) is 0 Å². The second-order valence-corrected chi connectivity index (χ2v) is 7.22. The van der Waals surface area contributed by atoms with Gasteiger partial charge in [0.25, 0.3) is 0 Å². The molecule has 0 fully saturated rings. The average molecular weight is 340 g/mol. The molecule has 2 nitrogen and oxygen atoms in total. The van der Waals surface area contributed by atoms with E-state index < -0.39 is 9.84 Å². The van der Waals surface area contributed by atoms with Crippen LogP contribution in [0.5, 0.6) is 0 Å². The Hall–Kier alpha value is -0.130. The number of alkyl halides is 1. The zero-order valence-electron chi connectivity index (χ0n) is 7.15. The van der Waals surface area contributed by atoms with Crippen molar-refractivity contribution in [1.82, 2.24) is 0 Å². The topological polar surface area (TPSA) is 34.1 Å². The molecular formula is C9H8Br2O2S. The quantitative estimate of drug-likeness (QED) is 0.793. The van der Waals surface area contributed by atoms with E-state index in [2.05, 4.69) is 31.9 Å². The Morgan fingerprint density at radius 3 is 2.36 bits per heavy atom. The summed E-state index contributed by atoms with van der Waals surface area (Å²) in [6.45, 7) is 0. The maximum Gasteiger partial charge on any atom is 0.194 e. The average Bonchev–Trinajstić information content (AvgIpc) is 2.19. The van der Waals surface area contributed by atoms with E-state index in [9.17, 15) is 8.42 Å². The number of rotatable bonds is 3. The molecule has 1 aromatic carbocycles. The molecule has 0 aromatic heterocycles. The van der Waals surface area contributed by atoms with Crippen LogP contribution in [0.2, 0.25) is 0 Å². The minimum atomic E-state index is -3.20. The maximum atomic E-state index is 11.3. The Kier molecular flexibility index (Phi) is 4.34. The molecule has 14 heavy (non-hydrogen) atoms. The molecule has 0 saturated carbocycles. The van der Waals surface area contributed by atoms with Crippen LogP contribution in [0.1, 0.15) is 5.56 Å². The van der Waals surface area contributed by atoms with E-state index in [0.29, 0.717) is 0 Å². The summed E-state index contributed by atoms with van der Waals surface area (Å²) in [5, 5.41) is 0. The summed E-state index contributed by atoms with van der Waals surface area (Å²) in [6.07, 6.45) is 1.58. The smallest absolute Gasteiger partial charge is 0.194 e. The first-order chi connectivity index (χ1) is 6.56. The van der Waals surface area contributed by atoms with Crippen LogP contribution in [0.15, 0.2) is 34.1 Å². The minimum Gasteiger partial charge on any atom is -0.222 e. The monoisotopic (exact) mass is 338 g/mol. The van der Waals surface area contributed by atoms with Crippen molar-refractivity contribution in [1.29, 1.82) is 0 Å². The van der Waals surface area contributed by atoms with Gasteiger partial charge in [0.05, 0.1) is 0 Å². The summed E-state index contributed by atoms with van der Waals surface area (Å²) < 4.78 is 22.8. The highest BCUT2D eigenvalue weighted by atomic mass is 79.9. The Morgan fingerprint density at radius 1 is 1.29 bits per heavy atom. The van der Waals surface area contributed by atoms with Crippen LogP contribution in [0.4, 0.5) is 0 Å². The van der Waals surface area contributed by atoms with Gasteiger partial charge in [-0.15, -0.1) is 0 Å². The lowest BCUT2D eigenvalue weighted by atomic mass is 10.2. The van der Waals surface area contributed by atoms with E-state index >= 15 is 0 Å². The molecule has 0 saturated heterocycles. The third-order valence-corrected chi connectivity index (χ3v) is 6.04. The molecule has 0 unspecified atom stereocenters. The second kappa shape index (κ2) is 5.09. The minimum absolute atomic E-state index is 0.0794. The summed E-state index contributed by atoms with van der Waals surface area (Å²) >= 11 is 5.97. The van der Waals surface area contributed by atoms with E-state index in [1.807, 2.05) is 30.3 Å². The predicted molar refractivity (Wildman–Crippen MR) is 66.1 cm³/mol. The fraction of sp³-hybridized carbons (Fsp3) is 0.111. The van der Waals surface area contributed by atoms with Crippen LogP contribution in [-0.4, -0.2) is 13.1 Å². The molecule has 0 spiro atoms. The standard InChI is InChI=1S/C9H8Br2O2S/c10-7-14(12,13)9(11)6-8-4-2-1-3-5-8/h1-6H,7H2/b9-6+. The molecule has 0 bridgehead atoms. The van der Waals surface area contributed by atoms with Gasteiger partial charge in [0.1, 0.15) is 8.48 Å². The Labute approximate surface area is 100 Å². The summed E-state index contributed by atoms with van der Waals surface area (Å²) in [6, 6.07) is 9.26. The van der Waals surface area contributed by atoms with Crippen molar-refractivity contribution in [3.63, 3.8) is 0 Å². The van der Waals surface area contributed by atoms with E-state index in [1.165, 1.54) is 0 Å². The summed E-state index contributed by atoms with van der Waals surface area (Å²) in [7, 11) is -3.20. The van der Waals surface area contributed by atoms with Crippen LogP contribution in [0.3, 0.4) is 0 Å². The van der Waals surface area contributed by atoms with Crippen molar-refractivity contribution in [2.75, 3.05) is 4.66 Å². The lowest BCUT2D eigenvalue weighted by molar-refractivity contribution is 0.609. The van der Waals surface area contributed by atoms with Crippen molar-refractivity contribution in [3.05, 3.63) is 39.7 Å². The van der Waals surface area contributed by atoms with Gasteiger partial charge in [-0.05, 0) is 27.6 Å². The van der Waals surface area contributed by atoms with E-state index in [0.717, 1.165) is 5.56 Å². The largest absolute Gasteiger partial charge is 0.222 e. The van der Waals surface area contributed by atoms with E-state index in [-0.39, 0.29) is 8.48 Å². The van der Waals surface area contributed by atoms with Crippen LogP contribution in [0, 0.1) is 0 Å². The van der Waals surface area contributed by atoms with Gasteiger partial charge in [0.15, 0.2) is 9.84 Å². The summed E-state index contributed by atoms with van der Waals surface area (Å²) in [4.78, 5) is 0. The molecule has 0 aliphatic heterocycles. The van der Waals surface area contributed by atoms with Crippen LogP contribution in [-0.2, 0) is 9.84 Å². The molecule has 0 heterocycles. The highest BCUT2D eigenvalue weighted by Crippen LogP contribution is 2.20. The second-order valence-electron chi connectivity index (χ2n) is 2.58.